The molecule has 2 N–H and O–H groups in total. The fourth-order valence-corrected chi connectivity index (χ4v) is 1.85. The van der Waals surface area contributed by atoms with Gasteiger partial charge in [0.1, 0.15) is 17.9 Å². The van der Waals surface area contributed by atoms with Gasteiger partial charge in [0.2, 0.25) is 5.91 Å². The van der Waals surface area contributed by atoms with Crippen LogP contribution in [-0.2, 0) is 4.79 Å². The fraction of sp³-hybridized carbons (Fsp3) is 0.467. The number of benzene rings is 1. The van der Waals surface area contributed by atoms with E-state index in [-0.39, 0.29) is 17.5 Å². The van der Waals surface area contributed by atoms with Crippen LogP contribution < -0.4 is 10.6 Å². The number of rotatable bonds is 6. The van der Waals surface area contributed by atoms with E-state index in [1.165, 1.54) is 12.1 Å². The molecule has 1 atom stereocenters. The molecule has 0 bridgehead atoms. The summed E-state index contributed by atoms with van der Waals surface area (Å²) in [6.45, 7) is 5.74. The molecule has 0 saturated heterocycles. The third-order valence-corrected chi connectivity index (χ3v) is 3.20. The summed E-state index contributed by atoms with van der Waals surface area (Å²) in [7, 11) is 0. The summed E-state index contributed by atoms with van der Waals surface area (Å²) in [6, 6.07) is 5.44. The maximum absolute atomic E-state index is 13.0. The monoisotopic (exact) mass is 277 g/mol. The molecule has 4 nitrogen and oxygen atoms in total. The van der Waals surface area contributed by atoms with Gasteiger partial charge in [-0.15, -0.1) is 0 Å². The van der Waals surface area contributed by atoms with Crippen molar-refractivity contribution in [3.63, 3.8) is 0 Å². The van der Waals surface area contributed by atoms with Crippen molar-refractivity contribution < 1.29 is 9.18 Å². The second-order valence-electron chi connectivity index (χ2n) is 4.69. The Balaban J connectivity index is 2.73. The number of anilines is 1. The maximum atomic E-state index is 13.0. The first-order chi connectivity index (χ1) is 9.51. The Hall–Kier alpha value is -2.09. The van der Waals surface area contributed by atoms with Crippen LogP contribution in [0.25, 0.3) is 0 Å². The normalized spacial score (nSPS) is 11.8. The number of carbonyl (C=O) groups excluding carboxylic acids is 1. The molecular formula is C15H20FN3O. The van der Waals surface area contributed by atoms with Gasteiger partial charge < -0.3 is 10.6 Å². The minimum absolute atomic E-state index is 0.132. The number of hydrogen-bond donors (Lipinski definition) is 2. The van der Waals surface area contributed by atoms with E-state index in [9.17, 15) is 9.18 Å². The van der Waals surface area contributed by atoms with E-state index in [0.29, 0.717) is 5.69 Å². The second-order valence-corrected chi connectivity index (χ2v) is 4.69. The molecule has 1 amide bonds. The molecule has 0 heterocycles. The van der Waals surface area contributed by atoms with Gasteiger partial charge in [-0.2, -0.15) is 5.26 Å². The van der Waals surface area contributed by atoms with Gasteiger partial charge in [-0.3, -0.25) is 4.79 Å². The third kappa shape index (κ3) is 4.23. The van der Waals surface area contributed by atoms with Crippen molar-refractivity contribution in [1.82, 2.24) is 5.32 Å². The number of nitrogens with one attached hydrogen (secondary N) is 2. The van der Waals surface area contributed by atoms with Gasteiger partial charge in [0.05, 0.1) is 11.3 Å². The standard InChI is InChI=1S/C15H20FN3O/c1-4-13(5-2)19-15(20)10(3)18-14-7-6-12(16)8-11(14)9-17/h6-8,10,13,18H,4-5H2,1-3H3,(H,19,20). The molecule has 0 saturated carbocycles. The molecule has 108 valence electrons. The molecule has 0 aliphatic rings. The number of amides is 1. The zero-order valence-electron chi connectivity index (χ0n) is 12.0. The molecular weight excluding hydrogens is 257 g/mol. The van der Waals surface area contributed by atoms with E-state index in [1.54, 1.807) is 6.92 Å². The van der Waals surface area contributed by atoms with Crippen LogP contribution in [0.15, 0.2) is 18.2 Å². The zero-order chi connectivity index (χ0) is 15.1. The Kier molecular flexibility index (Phi) is 5.98. The molecule has 1 unspecified atom stereocenters. The number of nitriles is 1. The quantitative estimate of drug-likeness (QED) is 0.840. The number of nitrogens with zero attached hydrogens (tertiary/aromatic N) is 1. The molecule has 5 heteroatoms. The van der Waals surface area contributed by atoms with Crippen LogP contribution in [0.5, 0.6) is 0 Å². The van der Waals surface area contributed by atoms with E-state index in [1.807, 2.05) is 19.9 Å². The Labute approximate surface area is 119 Å². The molecule has 0 spiro atoms. The predicted octanol–water partition coefficient (Wildman–Crippen LogP) is 2.80. The summed E-state index contributed by atoms with van der Waals surface area (Å²) in [6.07, 6.45) is 1.74. The molecule has 0 radical (unpaired) electrons. The van der Waals surface area contributed by atoms with Crippen LogP contribution in [0, 0.1) is 17.1 Å². The first kappa shape index (κ1) is 16.0. The Morgan fingerprint density at radius 2 is 2.05 bits per heavy atom. The summed E-state index contributed by atoms with van der Waals surface area (Å²) < 4.78 is 13.0. The van der Waals surface area contributed by atoms with Crippen molar-refractivity contribution in [2.75, 3.05) is 5.32 Å². The van der Waals surface area contributed by atoms with Crippen molar-refractivity contribution in [3.05, 3.63) is 29.6 Å². The molecule has 1 aromatic rings. The zero-order valence-corrected chi connectivity index (χ0v) is 12.0. The minimum Gasteiger partial charge on any atom is -0.373 e. The first-order valence-electron chi connectivity index (χ1n) is 6.78. The summed E-state index contributed by atoms with van der Waals surface area (Å²) >= 11 is 0. The largest absolute Gasteiger partial charge is 0.373 e. The van der Waals surface area contributed by atoms with Crippen LogP contribution in [-0.4, -0.2) is 18.0 Å². The summed E-state index contributed by atoms with van der Waals surface area (Å²) in [5, 5.41) is 14.8. The van der Waals surface area contributed by atoms with Gasteiger partial charge in [0.25, 0.3) is 0 Å². The van der Waals surface area contributed by atoms with Gasteiger partial charge >= 0.3 is 0 Å². The average molecular weight is 277 g/mol. The maximum Gasteiger partial charge on any atom is 0.242 e. The Morgan fingerprint density at radius 3 is 2.60 bits per heavy atom. The molecule has 0 aromatic heterocycles. The summed E-state index contributed by atoms with van der Waals surface area (Å²) in [4.78, 5) is 12.0. The number of hydrogen-bond acceptors (Lipinski definition) is 3. The van der Waals surface area contributed by atoms with Gasteiger partial charge in [0.15, 0.2) is 0 Å². The predicted molar refractivity (Wildman–Crippen MR) is 76.7 cm³/mol. The van der Waals surface area contributed by atoms with E-state index in [4.69, 9.17) is 5.26 Å². The van der Waals surface area contributed by atoms with Crippen molar-refractivity contribution in [1.29, 1.82) is 5.26 Å². The molecule has 0 fully saturated rings. The molecule has 1 rings (SSSR count). The Bertz CT molecular complexity index is 506. The summed E-state index contributed by atoms with van der Waals surface area (Å²) in [5.74, 6) is -0.604. The Morgan fingerprint density at radius 1 is 1.40 bits per heavy atom. The first-order valence-corrected chi connectivity index (χ1v) is 6.78. The van der Waals surface area contributed by atoms with E-state index in [0.717, 1.165) is 18.9 Å². The van der Waals surface area contributed by atoms with Gasteiger partial charge in [0, 0.05) is 6.04 Å². The molecule has 0 aliphatic carbocycles. The van der Waals surface area contributed by atoms with E-state index >= 15 is 0 Å². The minimum atomic E-state index is -0.492. The highest BCUT2D eigenvalue weighted by Gasteiger charge is 2.16. The van der Waals surface area contributed by atoms with Crippen molar-refractivity contribution >= 4 is 11.6 Å². The van der Waals surface area contributed by atoms with Crippen LogP contribution in [0.4, 0.5) is 10.1 Å². The van der Waals surface area contributed by atoms with Crippen LogP contribution in [0.2, 0.25) is 0 Å². The highest BCUT2D eigenvalue weighted by molar-refractivity contribution is 5.84. The van der Waals surface area contributed by atoms with Gasteiger partial charge in [-0.05, 0) is 38.0 Å². The molecule has 0 aliphatic heterocycles. The lowest BCUT2D eigenvalue weighted by Crippen LogP contribution is -2.42. The lowest BCUT2D eigenvalue weighted by Gasteiger charge is -2.20. The van der Waals surface area contributed by atoms with Crippen molar-refractivity contribution in [2.45, 2.75) is 45.7 Å². The van der Waals surface area contributed by atoms with E-state index in [2.05, 4.69) is 10.6 Å². The van der Waals surface area contributed by atoms with Gasteiger partial charge in [-0.25, -0.2) is 4.39 Å². The molecule has 20 heavy (non-hydrogen) atoms. The average Bonchev–Trinajstić information content (AvgIpc) is 2.45. The fourth-order valence-electron chi connectivity index (χ4n) is 1.85. The lowest BCUT2D eigenvalue weighted by atomic mass is 10.1. The topological polar surface area (TPSA) is 64.9 Å². The SMILES string of the molecule is CCC(CC)NC(=O)C(C)Nc1ccc(F)cc1C#N. The molecule has 1 aromatic carbocycles. The lowest BCUT2D eigenvalue weighted by molar-refractivity contribution is -0.122. The van der Waals surface area contributed by atoms with E-state index < -0.39 is 11.9 Å². The third-order valence-electron chi connectivity index (χ3n) is 3.20. The number of halogens is 1. The van der Waals surface area contributed by atoms with Crippen LogP contribution in [0.1, 0.15) is 39.2 Å². The van der Waals surface area contributed by atoms with Crippen LogP contribution >= 0.6 is 0 Å². The second kappa shape index (κ2) is 7.49. The number of carbonyl (C=O) groups is 1. The summed E-state index contributed by atoms with van der Waals surface area (Å²) in [5.41, 5.74) is 0.647. The van der Waals surface area contributed by atoms with Crippen molar-refractivity contribution in [2.24, 2.45) is 0 Å². The highest BCUT2D eigenvalue weighted by atomic mass is 19.1. The smallest absolute Gasteiger partial charge is 0.242 e. The highest BCUT2D eigenvalue weighted by Crippen LogP contribution is 2.17. The van der Waals surface area contributed by atoms with Gasteiger partial charge in [-0.1, -0.05) is 13.8 Å². The van der Waals surface area contributed by atoms with Crippen molar-refractivity contribution in [3.8, 4) is 6.07 Å². The van der Waals surface area contributed by atoms with Crippen LogP contribution in [0.3, 0.4) is 0 Å².